The van der Waals surface area contributed by atoms with Gasteiger partial charge in [0.1, 0.15) is 24.1 Å². The van der Waals surface area contributed by atoms with Crippen molar-refractivity contribution in [2.75, 3.05) is 13.2 Å². The van der Waals surface area contributed by atoms with Gasteiger partial charge in [0, 0.05) is 11.8 Å². The number of aromatic nitrogens is 1. The molecule has 0 spiro atoms. The molecule has 0 aliphatic carbocycles. The van der Waals surface area contributed by atoms with E-state index in [9.17, 15) is 14.7 Å². The van der Waals surface area contributed by atoms with Crippen LogP contribution in [0.4, 0.5) is 0 Å². The molecule has 2 N–H and O–H groups in total. The fourth-order valence-electron chi connectivity index (χ4n) is 3.70. The number of carbonyl (C=O) groups excluding carboxylic acids is 1. The van der Waals surface area contributed by atoms with Crippen LogP contribution in [0, 0.1) is 0 Å². The number of carboxylic acids is 1. The first kappa shape index (κ1) is 21.5. The second kappa shape index (κ2) is 9.19. The van der Waals surface area contributed by atoms with Crippen molar-refractivity contribution in [3.63, 3.8) is 0 Å². The summed E-state index contributed by atoms with van der Waals surface area (Å²) in [5, 5.41) is 12.9. The molecule has 1 fully saturated rings. The molecule has 1 aliphatic rings. The SMILES string of the molecule is CCOC(=O)CN1C(=S)N[C@H](c2ccccn2)[C@@H]1c1ccc(-c2cccc(C(=O)O)c2)o1. The maximum Gasteiger partial charge on any atom is 0.335 e. The van der Waals surface area contributed by atoms with Gasteiger partial charge in [-0.2, -0.15) is 0 Å². The number of thiocarbonyl (C=S) groups is 1. The van der Waals surface area contributed by atoms with E-state index in [0.29, 0.717) is 22.2 Å². The van der Waals surface area contributed by atoms with E-state index in [1.807, 2.05) is 18.2 Å². The normalized spacial score (nSPS) is 17.8. The molecule has 8 nitrogen and oxygen atoms in total. The summed E-state index contributed by atoms with van der Waals surface area (Å²) in [5.41, 5.74) is 1.55. The van der Waals surface area contributed by atoms with Crippen molar-refractivity contribution in [3.8, 4) is 11.3 Å². The van der Waals surface area contributed by atoms with E-state index >= 15 is 0 Å². The highest BCUT2D eigenvalue weighted by molar-refractivity contribution is 7.80. The molecule has 1 saturated heterocycles. The Balaban J connectivity index is 1.71. The summed E-state index contributed by atoms with van der Waals surface area (Å²) in [5.74, 6) is -0.339. The number of esters is 1. The number of rotatable bonds is 7. The topological polar surface area (TPSA) is 105 Å². The van der Waals surface area contributed by atoms with Crippen LogP contribution in [-0.2, 0) is 9.53 Å². The lowest BCUT2D eigenvalue weighted by molar-refractivity contribution is -0.143. The summed E-state index contributed by atoms with van der Waals surface area (Å²) in [6.07, 6.45) is 1.69. The van der Waals surface area contributed by atoms with Gasteiger partial charge < -0.3 is 24.5 Å². The van der Waals surface area contributed by atoms with Gasteiger partial charge in [0.15, 0.2) is 5.11 Å². The van der Waals surface area contributed by atoms with Gasteiger partial charge in [-0.05, 0) is 55.5 Å². The minimum absolute atomic E-state index is 0.0434. The Kier molecular flexibility index (Phi) is 6.18. The third kappa shape index (κ3) is 4.33. The summed E-state index contributed by atoms with van der Waals surface area (Å²) in [4.78, 5) is 29.7. The lowest BCUT2D eigenvalue weighted by atomic mass is 10.0. The molecule has 2 aromatic heterocycles. The van der Waals surface area contributed by atoms with Crippen LogP contribution in [0.2, 0.25) is 0 Å². The van der Waals surface area contributed by atoms with E-state index in [2.05, 4.69) is 10.3 Å². The van der Waals surface area contributed by atoms with Crippen molar-refractivity contribution in [2.45, 2.75) is 19.0 Å². The molecule has 0 unspecified atom stereocenters. The second-order valence-corrected chi connectivity index (χ2v) is 7.53. The van der Waals surface area contributed by atoms with Gasteiger partial charge in [0.05, 0.1) is 23.9 Å². The molecular weight excluding hydrogens is 430 g/mol. The predicted octanol–water partition coefficient (Wildman–Crippen LogP) is 3.58. The molecule has 0 bridgehead atoms. The van der Waals surface area contributed by atoms with Crippen LogP contribution in [-0.4, -0.2) is 45.2 Å². The van der Waals surface area contributed by atoms with Crippen molar-refractivity contribution in [3.05, 3.63) is 77.8 Å². The number of ether oxygens (including phenoxy) is 1. The van der Waals surface area contributed by atoms with Crippen LogP contribution < -0.4 is 5.32 Å². The highest BCUT2D eigenvalue weighted by Crippen LogP contribution is 2.40. The maximum absolute atomic E-state index is 12.2. The molecular formula is C23H21N3O5S. The molecule has 4 rings (SSSR count). The fraction of sp³-hybridized carbons (Fsp3) is 0.217. The zero-order valence-electron chi connectivity index (χ0n) is 17.2. The number of aromatic carboxylic acids is 1. The monoisotopic (exact) mass is 451 g/mol. The minimum atomic E-state index is -1.01. The number of benzene rings is 1. The molecule has 3 heterocycles. The summed E-state index contributed by atoms with van der Waals surface area (Å²) < 4.78 is 11.3. The minimum Gasteiger partial charge on any atom is -0.478 e. The quantitative estimate of drug-likeness (QED) is 0.412. The Morgan fingerprint density at radius 1 is 1.22 bits per heavy atom. The maximum atomic E-state index is 12.2. The molecule has 164 valence electrons. The van der Waals surface area contributed by atoms with Gasteiger partial charge in [0.25, 0.3) is 0 Å². The zero-order valence-corrected chi connectivity index (χ0v) is 18.0. The molecule has 0 amide bonds. The molecule has 3 aromatic rings. The Morgan fingerprint density at radius 2 is 2.06 bits per heavy atom. The number of hydrogen-bond acceptors (Lipinski definition) is 6. The van der Waals surface area contributed by atoms with Gasteiger partial charge in [-0.1, -0.05) is 18.2 Å². The van der Waals surface area contributed by atoms with E-state index < -0.39 is 18.0 Å². The molecule has 1 aromatic carbocycles. The van der Waals surface area contributed by atoms with Crippen LogP contribution in [0.1, 0.15) is 40.8 Å². The smallest absolute Gasteiger partial charge is 0.335 e. The van der Waals surface area contributed by atoms with Crippen LogP contribution in [0.15, 0.2) is 65.2 Å². The number of nitrogens with one attached hydrogen (secondary N) is 1. The molecule has 2 atom stereocenters. The summed E-state index contributed by atoms with van der Waals surface area (Å²) in [7, 11) is 0. The first-order valence-electron chi connectivity index (χ1n) is 10.0. The Bertz CT molecular complexity index is 1150. The van der Waals surface area contributed by atoms with Gasteiger partial charge in [0.2, 0.25) is 0 Å². The molecule has 0 radical (unpaired) electrons. The summed E-state index contributed by atoms with van der Waals surface area (Å²) in [6, 6.07) is 14.9. The van der Waals surface area contributed by atoms with E-state index in [0.717, 1.165) is 5.69 Å². The van der Waals surface area contributed by atoms with Crippen molar-refractivity contribution in [1.29, 1.82) is 0 Å². The largest absolute Gasteiger partial charge is 0.478 e. The van der Waals surface area contributed by atoms with Crippen molar-refractivity contribution in [1.82, 2.24) is 15.2 Å². The van der Waals surface area contributed by atoms with Crippen molar-refractivity contribution < 1.29 is 23.8 Å². The lowest BCUT2D eigenvalue weighted by Gasteiger charge is -2.25. The lowest BCUT2D eigenvalue weighted by Crippen LogP contribution is -2.35. The van der Waals surface area contributed by atoms with Crippen LogP contribution >= 0.6 is 12.2 Å². The third-order valence-electron chi connectivity index (χ3n) is 5.11. The number of nitrogens with zero attached hydrogens (tertiary/aromatic N) is 2. The highest BCUT2D eigenvalue weighted by Gasteiger charge is 2.42. The third-order valence-corrected chi connectivity index (χ3v) is 5.47. The average Bonchev–Trinajstić information content (AvgIpc) is 3.40. The average molecular weight is 452 g/mol. The van der Waals surface area contributed by atoms with Crippen LogP contribution in [0.5, 0.6) is 0 Å². The fourth-order valence-corrected chi connectivity index (χ4v) is 4.01. The summed E-state index contributed by atoms with van der Waals surface area (Å²) >= 11 is 5.52. The number of carbonyl (C=O) groups is 2. The number of carboxylic acid groups (broad SMARTS) is 1. The highest BCUT2D eigenvalue weighted by atomic mass is 32.1. The molecule has 9 heteroatoms. The van der Waals surface area contributed by atoms with Gasteiger partial charge in [-0.15, -0.1) is 0 Å². The van der Waals surface area contributed by atoms with Crippen molar-refractivity contribution >= 4 is 29.3 Å². The first-order valence-corrected chi connectivity index (χ1v) is 10.5. The van der Waals surface area contributed by atoms with Gasteiger partial charge in [-0.3, -0.25) is 9.78 Å². The van der Waals surface area contributed by atoms with Crippen molar-refractivity contribution in [2.24, 2.45) is 0 Å². The summed E-state index contributed by atoms with van der Waals surface area (Å²) in [6.45, 7) is 1.97. The Hall–Kier alpha value is -3.72. The number of hydrogen-bond donors (Lipinski definition) is 2. The number of pyridine rings is 1. The first-order chi connectivity index (χ1) is 15.5. The molecule has 32 heavy (non-hydrogen) atoms. The molecule has 1 aliphatic heterocycles. The Morgan fingerprint density at radius 3 is 2.78 bits per heavy atom. The van der Waals surface area contributed by atoms with E-state index in [4.69, 9.17) is 21.4 Å². The zero-order chi connectivity index (χ0) is 22.7. The standard InChI is InChI=1S/C23H21N3O5S/c1-2-30-19(27)13-26-21(20(25-23(26)32)16-8-3-4-11-24-16)18-10-9-17(31-18)14-6-5-7-15(12-14)22(28)29/h3-12,20-21H,2,13H2,1H3,(H,25,32)(H,28,29)/t20-,21+/m1/s1. The molecule has 0 saturated carbocycles. The number of furan rings is 1. The van der Waals surface area contributed by atoms with Crippen LogP contribution in [0.25, 0.3) is 11.3 Å². The second-order valence-electron chi connectivity index (χ2n) is 7.15. The Labute approximate surface area is 189 Å². The predicted molar refractivity (Wildman–Crippen MR) is 120 cm³/mol. The van der Waals surface area contributed by atoms with Crippen LogP contribution in [0.3, 0.4) is 0 Å². The van der Waals surface area contributed by atoms with E-state index in [-0.39, 0.29) is 24.8 Å². The van der Waals surface area contributed by atoms with E-state index in [1.54, 1.807) is 48.4 Å². The van der Waals surface area contributed by atoms with Gasteiger partial charge in [-0.25, -0.2) is 4.79 Å². The van der Waals surface area contributed by atoms with Gasteiger partial charge >= 0.3 is 11.9 Å². The van der Waals surface area contributed by atoms with E-state index in [1.165, 1.54) is 6.07 Å².